The summed E-state index contributed by atoms with van der Waals surface area (Å²) in [6.07, 6.45) is 11.3. The van der Waals surface area contributed by atoms with Gasteiger partial charge in [0.15, 0.2) is 0 Å². The van der Waals surface area contributed by atoms with E-state index in [1.54, 1.807) is 12.2 Å². The number of aliphatic carboxylic acids is 1. The van der Waals surface area contributed by atoms with Crippen LogP contribution in [-0.2, 0) is 4.79 Å². The Kier molecular flexibility index (Phi) is 9.06. The Hall–Kier alpha value is -2.81. The lowest BCUT2D eigenvalue weighted by molar-refractivity contribution is -0.130. The smallest absolute Gasteiger partial charge is 0.336 e. The number of carboxylic acids is 1. The lowest BCUT2D eigenvalue weighted by Gasteiger charge is -2.08. The van der Waals surface area contributed by atoms with E-state index >= 15 is 0 Å². The Balaban J connectivity index is 1.97. The minimum atomic E-state index is -0.929. The molecular formula is C25H30O3. The van der Waals surface area contributed by atoms with Gasteiger partial charge < -0.3 is 9.84 Å². The number of benzene rings is 2. The van der Waals surface area contributed by atoms with Crippen LogP contribution >= 0.6 is 0 Å². The third-order valence-electron chi connectivity index (χ3n) is 4.59. The highest BCUT2D eigenvalue weighted by atomic mass is 16.5. The van der Waals surface area contributed by atoms with Gasteiger partial charge in [0.1, 0.15) is 5.75 Å². The van der Waals surface area contributed by atoms with Crippen LogP contribution in [0.15, 0.2) is 66.8 Å². The first kappa shape index (κ1) is 21.5. The number of allylic oxidation sites excluding steroid dienone is 3. The van der Waals surface area contributed by atoms with E-state index < -0.39 is 5.97 Å². The van der Waals surface area contributed by atoms with E-state index in [9.17, 15) is 9.90 Å². The van der Waals surface area contributed by atoms with Crippen LogP contribution in [-0.4, -0.2) is 17.7 Å². The highest BCUT2D eigenvalue weighted by Crippen LogP contribution is 2.25. The number of hydrogen-bond donors (Lipinski definition) is 1. The molecule has 2 aromatic carbocycles. The first-order valence-electron chi connectivity index (χ1n) is 10.1. The van der Waals surface area contributed by atoms with E-state index in [2.05, 4.69) is 6.92 Å². The van der Waals surface area contributed by atoms with Gasteiger partial charge in [0, 0.05) is 0 Å². The van der Waals surface area contributed by atoms with Crippen LogP contribution in [0.2, 0.25) is 0 Å². The molecule has 0 bridgehead atoms. The normalized spacial score (nSPS) is 11.7. The van der Waals surface area contributed by atoms with Crippen LogP contribution in [0.1, 0.15) is 51.5 Å². The van der Waals surface area contributed by atoms with Crippen molar-refractivity contribution in [3.63, 3.8) is 0 Å². The van der Waals surface area contributed by atoms with Gasteiger partial charge in [-0.25, -0.2) is 4.79 Å². The summed E-state index contributed by atoms with van der Waals surface area (Å²) >= 11 is 0. The summed E-state index contributed by atoms with van der Waals surface area (Å²) in [6, 6.07) is 15.6. The van der Waals surface area contributed by atoms with Crippen molar-refractivity contribution in [2.45, 2.75) is 46.0 Å². The molecule has 3 nitrogen and oxygen atoms in total. The highest BCUT2D eigenvalue weighted by molar-refractivity contribution is 6.15. The summed E-state index contributed by atoms with van der Waals surface area (Å²) in [5, 5.41) is 9.39. The predicted molar refractivity (Wildman–Crippen MR) is 117 cm³/mol. The zero-order valence-corrected chi connectivity index (χ0v) is 16.9. The topological polar surface area (TPSA) is 46.5 Å². The van der Waals surface area contributed by atoms with Gasteiger partial charge in [-0.3, -0.25) is 0 Å². The van der Waals surface area contributed by atoms with E-state index in [1.165, 1.54) is 25.7 Å². The summed E-state index contributed by atoms with van der Waals surface area (Å²) in [5.41, 5.74) is 3.10. The number of ether oxygens (including phenoxy) is 1. The zero-order chi connectivity index (χ0) is 20.2. The molecule has 0 fully saturated rings. The van der Waals surface area contributed by atoms with Crippen molar-refractivity contribution in [1.82, 2.24) is 0 Å². The molecule has 2 rings (SSSR count). The van der Waals surface area contributed by atoms with Crippen molar-refractivity contribution < 1.29 is 14.6 Å². The molecule has 0 aliphatic heterocycles. The van der Waals surface area contributed by atoms with Crippen molar-refractivity contribution in [2.24, 2.45) is 0 Å². The third kappa shape index (κ3) is 6.73. The van der Waals surface area contributed by atoms with Crippen LogP contribution < -0.4 is 4.74 Å². The third-order valence-corrected chi connectivity index (χ3v) is 4.59. The van der Waals surface area contributed by atoms with Crippen LogP contribution in [0, 0.1) is 0 Å². The van der Waals surface area contributed by atoms with Crippen molar-refractivity contribution in [2.75, 3.05) is 6.61 Å². The van der Waals surface area contributed by atoms with Crippen molar-refractivity contribution >= 4 is 11.5 Å². The summed E-state index contributed by atoms with van der Waals surface area (Å²) in [5.74, 6) is -0.0413. The molecule has 28 heavy (non-hydrogen) atoms. The van der Waals surface area contributed by atoms with E-state index in [0.717, 1.165) is 29.9 Å². The molecule has 0 aliphatic rings. The fraction of sp³-hybridized carbons (Fsp3) is 0.320. The molecule has 3 heteroatoms. The molecule has 0 radical (unpaired) electrons. The number of carbonyl (C=O) groups is 1. The zero-order valence-electron chi connectivity index (χ0n) is 16.9. The van der Waals surface area contributed by atoms with Gasteiger partial charge in [0.2, 0.25) is 0 Å². The van der Waals surface area contributed by atoms with Gasteiger partial charge in [-0.1, -0.05) is 81.2 Å². The van der Waals surface area contributed by atoms with Gasteiger partial charge in [-0.2, -0.15) is 0 Å². The van der Waals surface area contributed by atoms with E-state index in [4.69, 9.17) is 4.74 Å². The molecule has 0 saturated carbocycles. The van der Waals surface area contributed by atoms with Crippen LogP contribution in [0.4, 0.5) is 0 Å². The minimum absolute atomic E-state index is 0.285. The quantitative estimate of drug-likeness (QED) is 0.267. The SMILES string of the molecule is CC=CC=C(C(=O)O)c1ccc(-c2ccc(OCCCCCCC)cc2)cc1. The Morgan fingerprint density at radius 2 is 1.54 bits per heavy atom. The van der Waals surface area contributed by atoms with Crippen molar-refractivity contribution in [1.29, 1.82) is 0 Å². The number of carboxylic acid groups (broad SMARTS) is 1. The highest BCUT2D eigenvalue weighted by Gasteiger charge is 2.09. The summed E-state index contributed by atoms with van der Waals surface area (Å²) in [6.45, 7) is 4.84. The maximum atomic E-state index is 11.4. The van der Waals surface area contributed by atoms with E-state index in [1.807, 2.05) is 61.5 Å². The van der Waals surface area contributed by atoms with Crippen LogP contribution in [0.25, 0.3) is 16.7 Å². The van der Waals surface area contributed by atoms with Gasteiger partial charge >= 0.3 is 5.97 Å². The number of unbranched alkanes of at least 4 members (excludes halogenated alkanes) is 4. The molecule has 0 atom stereocenters. The second-order valence-corrected chi connectivity index (χ2v) is 6.78. The molecule has 0 saturated heterocycles. The number of hydrogen-bond acceptors (Lipinski definition) is 2. The minimum Gasteiger partial charge on any atom is -0.494 e. The Morgan fingerprint density at radius 1 is 0.929 bits per heavy atom. The summed E-state index contributed by atoms with van der Waals surface area (Å²) in [4.78, 5) is 11.4. The number of rotatable bonds is 11. The Labute approximate surface area is 168 Å². The molecule has 0 aromatic heterocycles. The first-order valence-corrected chi connectivity index (χ1v) is 10.1. The fourth-order valence-corrected chi connectivity index (χ4v) is 2.96. The monoisotopic (exact) mass is 378 g/mol. The van der Waals surface area contributed by atoms with E-state index in [0.29, 0.717) is 5.56 Å². The molecule has 0 amide bonds. The molecule has 0 unspecified atom stereocenters. The molecule has 2 aromatic rings. The van der Waals surface area contributed by atoms with Gasteiger partial charge in [0.05, 0.1) is 12.2 Å². The van der Waals surface area contributed by atoms with E-state index in [-0.39, 0.29) is 5.57 Å². The predicted octanol–water partition coefficient (Wildman–Crippen LogP) is 6.75. The second-order valence-electron chi connectivity index (χ2n) is 6.78. The fourth-order valence-electron chi connectivity index (χ4n) is 2.96. The average Bonchev–Trinajstić information content (AvgIpc) is 2.72. The second kappa shape index (κ2) is 11.8. The average molecular weight is 379 g/mol. The standard InChI is InChI=1S/C25H30O3/c1-3-5-7-8-9-19-28-23-17-15-21(16-18-23)20-11-13-22(14-12-20)24(25(26)27)10-6-4-2/h4,6,10-18H,3,5,7-9,19H2,1-2H3,(H,26,27). The molecule has 0 aliphatic carbocycles. The summed E-state index contributed by atoms with van der Waals surface area (Å²) < 4.78 is 5.81. The van der Waals surface area contributed by atoms with Gasteiger partial charge in [-0.05, 0) is 48.2 Å². The molecule has 1 N–H and O–H groups in total. The maximum absolute atomic E-state index is 11.4. The Morgan fingerprint density at radius 3 is 2.11 bits per heavy atom. The lowest BCUT2D eigenvalue weighted by atomic mass is 10.00. The van der Waals surface area contributed by atoms with Crippen molar-refractivity contribution in [3.05, 3.63) is 72.3 Å². The largest absolute Gasteiger partial charge is 0.494 e. The molecule has 0 heterocycles. The molecule has 148 valence electrons. The Bertz CT molecular complexity index is 784. The maximum Gasteiger partial charge on any atom is 0.336 e. The molecular weight excluding hydrogens is 348 g/mol. The van der Waals surface area contributed by atoms with Crippen LogP contribution in [0.5, 0.6) is 5.75 Å². The van der Waals surface area contributed by atoms with Crippen LogP contribution in [0.3, 0.4) is 0 Å². The first-order chi connectivity index (χ1) is 13.7. The lowest BCUT2D eigenvalue weighted by Crippen LogP contribution is -1.99. The molecule has 0 spiro atoms. The van der Waals surface area contributed by atoms with Crippen molar-refractivity contribution in [3.8, 4) is 16.9 Å². The summed E-state index contributed by atoms with van der Waals surface area (Å²) in [7, 11) is 0. The van der Waals surface area contributed by atoms with Gasteiger partial charge in [0.25, 0.3) is 0 Å². The van der Waals surface area contributed by atoms with Gasteiger partial charge in [-0.15, -0.1) is 0 Å².